The fourth-order valence-electron chi connectivity index (χ4n) is 3.00. The van der Waals surface area contributed by atoms with Gasteiger partial charge in [-0.1, -0.05) is 67.6 Å². The monoisotopic (exact) mass is 268 g/mol. The van der Waals surface area contributed by atoms with Gasteiger partial charge in [-0.3, -0.25) is 0 Å². The molecule has 0 aromatic heterocycles. The molecule has 2 unspecified atom stereocenters. The summed E-state index contributed by atoms with van der Waals surface area (Å²) in [5.74, 6) is 0. The Kier molecular flexibility index (Phi) is 4.58. The second kappa shape index (κ2) is 6.21. The summed E-state index contributed by atoms with van der Waals surface area (Å²) in [5.41, 5.74) is 8.90. The van der Waals surface area contributed by atoms with Gasteiger partial charge in [-0.25, -0.2) is 0 Å². The topological polar surface area (TPSA) is 29.3 Å². The second-order valence-corrected chi connectivity index (χ2v) is 5.54. The quantitative estimate of drug-likeness (QED) is 0.898. The Morgan fingerprint density at radius 2 is 1.45 bits per heavy atom. The number of hydrogen-bond donors (Lipinski definition) is 1. The van der Waals surface area contributed by atoms with Gasteiger partial charge in [-0.2, -0.15) is 0 Å². The molecule has 0 aliphatic rings. The van der Waals surface area contributed by atoms with E-state index < -0.39 is 5.54 Å². The molecule has 2 atom stereocenters. The molecule has 0 spiro atoms. The minimum absolute atomic E-state index is 0.149. The van der Waals surface area contributed by atoms with Crippen LogP contribution in [0.5, 0.6) is 0 Å². The molecular formula is C18H24N2. The van der Waals surface area contributed by atoms with Gasteiger partial charge in [0.1, 0.15) is 0 Å². The van der Waals surface area contributed by atoms with Crippen LogP contribution in [0.4, 0.5) is 0 Å². The summed E-state index contributed by atoms with van der Waals surface area (Å²) in [6.45, 7) is 2.16. The molecule has 0 amide bonds. The fourth-order valence-corrected chi connectivity index (χ4v) is 3.00. The van der Waals surface area contributed by atoms with Gasteiger partial charge in [0.25, 0.3) is 0 Å². The van der Waals surface area contributed by atoms with Crippen LogP contribution in [-0.4, -0.2) is 19.0 Å². The first-order chi connectivity index (χ1) is 9.59. The van der Waals surface area contributed by atoms with Gasteiger partial charge in [0.05, 0.1) is 11.6 Å². The second-order valence-electron chi connectivity index (χ2n) is 5.54. The van der Waals surface area contributed by atoms with Crippen LogP contribution in [-0.2, 0) is 5.54 Å². The van der Waals surface area contributed by atoms with Crippen molar-refractivity contribution >= 4 is 0 Å². The van der Waals surface area contributed by atoms with E-state index in [1.165, 1.54) is 11.1 Å². The molecule has 106 valence electrons. The van der Waals surface area contributed by atoms with E-state index in [1.807, 2.05) is 12.1 Å². The fraction of sp³-hybridized carbons (Fsp3) is 0.333. The SMILES string of the molecule is CCC(N)(c1ccccc1)C(c1ccccc1)N(C)C. The maximum atomic E-state index is 6.85. The smallest absolute Gasteiger partial charge is 0.0606 e. The maximum absolute atomic E-state index is 6.85. The predicted octanol–water partition coefficient (Wildman–Crippen LogP) is 3.55. The molecule has 0 fully saturated rings. The summed E-state index contributed by atoms with van der Waals surface area (Å²) in [6.07, 6.45) is 0.884. The third kappa shape index (κ3) is 2.77. The van der Waals surface area contributed by atoms with Crippen LogP contribution in [0.3, 0.4) is 0 Å². The van der Waals surface area contributed by atoms with Crippen LogP contribution in [0.15, 0.2) is 60.7 Å². The van der Waals surface area contributed by atoms with E-state index in [4.69, 9.17) is 5.73 Å². The molecule has 2 nitrogen and oxygen atoms in total. The van der Waals surface area contributed by atoms with Crippen LogP contribution in [0, 0.1) is 0 Å². The first kappa shape index (κ1) is 14.8. The first-order valence-corrected chi connectivity index (χ1v) is 7.15. The van der Waals surface area contributed by atoms with E-state index in [1.54, 1.807) is 0 Å². The van der Waals surface area contributed by atoms with Crippen molar-refractivity contribution in [1.29, 1.82) is 0 Å². The molecule has 0 saturated heterocycles. The van der Waals surface area contributed by atoms with Crippen molar-refractivity contribution in [3.05, 3.63) is 71.8 Å². The van der Waals surface area contributed by atoms with Gasteiger partial charge in [0, 0.05) is 0 Å². The molecule has 0 heterocycles. The van der Waals surface area contributed by atoms with Gasteiger partial charge in [0.2, 0.25) is 0 Å². The maximum Gasteiger partial charge on any atom is 0.0606 e. The molecular weight excluding hydrogens is 244 g/mol. The van der Waals surface area contributed by atoms with E-state index in [0.29, 0.717) is 0 Å². The Morgan fingerprint density at radius 3 is 1.90 bits per heavy atom. The molecule has 0 radical (unpaired) electrons. The molecule has 0 bridgehead atoms. The number of nitrogens with two attached hydrogens (primary N) is 1. The molecule has 0 saturated carbocycles. The number of benzene rings is 2. The van der Waals surface area contributed by atoms with Gasteiger partial charge < -0.3 is 10.6 Å². The highest BCUT2D eigenvalue weighted by Crippen LogP contribution is 2.38. The van der Waals surface area contributed by atoms with E-state index in [-0.39, 0.29) is 6.04 Å². The number of nitrogens with zero attached hydrogens (tertiary/aromatic N) is 1. The molecule has 2 heteroatoms. The summed E-state index contributed by atoms with van der Waals surface area (Å²) in [4.78, 5) is 2.21. The summed E-state index contributed by atoms with van der Waals surface area (Å²) in [7, 11) is 4.19. The van der Waals surface area contributed by atoms with Crippen LogP contribution >= 0.6 is 0 Å². The van der Waals surface area contributed by atoms with Crippen molar-refractivity contribution < 1.29 is 0 Å². The molecule has 2 N–H and O–H groups in total. The van der Waals surface area contributed by atoms with Crippen molar-refractivity contribution in [2.75, 3.05) is 14.1 Å². The van der Waals surface area contributed by atoms with Crippen molar-refractivity contribution in [3.8, 4) is 0 Å². The van der Waals surface area contributed by atoms with E-state index >= 15 is 0 Å². The number of rotatable bonds is 5. The van der Waals surface area contributed by atoms with Crippen LogP contribution < -0.4 is 5.73 Å². The van der Waals surface area contributed by atoms with Crippen molar-refractivity contribution in [2.24, 2.45) is 5.73 Å². The van der Waals surface area contributed by atoms with Gasteiger partial charge in [-0.15, -0.1) is 0 Å². The zero-order valence-electron chi connectivity index (χ0n) is 12.6. The Labute approximate surface area is 122 Å². The number of hydrogen-bond acceptors (Lipinski definition) is 2. The summed E-state index contributed by atoms with van der Waals surface area (Å²) < 4.78 is 0. The van der Waals surface area contributed by atoms with Gasteiger partial charge in [-0.05, 0) is 31.6 Å². The number of likely N-dealkylation sites (N-methyl/N-ethyl adjacent to an activating group) is 1. The summed E-state index contributed by atoms with van der Waals surface area (Å²) in [6, 6.07) is 21.1. The third-order valence-electron chi connectivity index (χ3n) is 4.02. The van der Waals surface area contributed by atoms with Crippen LogP contribution in [0.1, 0.15) is 30.5 Å². The highest BCUT2D eigenvalue weighted by Gasteiger charge is 2.37. The van der Waals surface area contributed by atoms with Crippen molar-refractivity contribution in [1.82, 2.24) is 4.90 Å². The van der Waals surface area contributed by atoms with Crippen molar-refractivity contribution in [2.45, 2.75) is 24.9 Å². The van der Waals surface area contributed by atoms with Crippen LogP contribution in [0.25, 0.3) is 0 Å². The lowest BCUT2D eigenvalue weighted by molar-refractivity contribution is 0.172. The highest BCUT2D eigenvalue weighted by atomic mass is 15.1. The zero-order chi connectivity index (χ0) is 14.6. The lowest BCUT2D eigenvalue weighted by atomic mass is 9.77. The molecule has 0 aliphatic carbocycles. The normalized spacial score (nSPS) is 15.8. The zero-order valence-corrected chi connectivity index (χ0v) is 12.6. The highest BCUT2D eigenvalue weighted by molar-refractivity contribution is 5.32. The predicted molar refractivity (Wildman–Crippen MR) is 85.5 cm³/mol. The minimum Gasteiger partial charge on any atom is -0.320 e. The lowest BCUT2D eigenvalue weighted by Gasteiger charge is -2.41. The summed E-state index contributed by atoms with van der Waals surface area (Å²) >= 11 is 0. The first-order valence-electron chi connectivity index (χ1n) is 7.15. The Morgan fingerprint density at radius 1 is 0.950 bits per heavy atom. The average Bonchev–Trinajstić information content (AvgIpc) is 2.49. The third-order valence-corrected chi connectivity index (χ3v) is 4.02. The van der Waals surface area contributed by atoms with Crippen LogP contribution in [0.2, 0.25) is 0 Å². The minimum atomic E-state index is -0.397. The Balaban J connectivity index is 2.51. The molecule has 2 aromatic rings. The molecule has 2 rings (SSSR count). The molecule has 2 aromatic carbocycles. The van der Waals surface area contributed by atoms with Gasteiger partial charge >= 0.3 is 0 Å². The average molecular weight is 268 g/mol. The largest absolute Gasteiger partial charge is 0.320 e. The Bertz CT molecular complexity index is 522. The van der Waals surface area contributed by atoms with E-state index in [9.17, 15) is 0 Å². The standard InChI is InChI=1S/C18H24N2/c1-4-18(19,16-13-9-6-10-14-16)17(20(2)3)15-11-7-5-8-12-15/h5-14,17H,4,19H2,1-3H3. The van der Waals surface area contributed by atoms with Gasteiger partial charge in [0.15, 0.2) is 0 Å². The summed E-state index contributed by atoms with van der Waals surface area (Å²) in [5, 5.41) is 0. The van der Waals surface area contributed by atoms with E-state index in [0.717, 1.165) is 6.42 Å². The van der Waals surface area contributed by atoms with Crippen molar-refractivity contribution in [3.63, 3.8) is 0 Å². The Hall–Kier alpha value is -1.64. The molecule has 20 heavy (non-hydrogen) atoms. The lowest BCUT2D eigenvalue weighted by Crippen LogP contribution is -2.47. The molecule has 0 aliphatic heterocycles. The van der Waals surface area contributed by atoms with E-state index in [2.05, 4.69) is 74.4 Å².